The van der Waals surface area contributed by atoms with Gasteiger partial charge < -0.3 is 4.74 Å². The minimum atomic E-state index is -0.605. The summed E-state index contributed by atoms with van der Waals surface area (Å²) in [5, 5.41) is 0. The topological polar surface area (TPSA) is 26.3 Å². The van der Waals surface area contributed by atoms with Gasteiger partial charge in [0.1, 0.15) is 5.60 Å². The fraction of sp³-hybridized carbons (Fsp3) is 0.357. The SMILES string of the molecule is C=C(Sc1ccccc1)C(C)(CC)OC(C)=O. The molecule has 1 aromatic carbocycles. The summed E-state index contributed by atoms with van der Waals surface area (Å²) < 4.78 is 5.36. The highest BCUT2D eigenvalue weighted by atomic mass is 32.2. The highest BCUT2D eigenvalue weighted by Crippen LogP contribution is 2.36. The molecular weight excluding hydrogens is 232 g/mol. The highest BCUT2D eigenvalue weighted by Gasteiger charge is 2.29. The maximum absolute atomic E-state index is 11.1. The number of rotatable bonds is 5. The summed E-state index contributed by atoms with van der Waals surface area (Å²) >= 11 is 1.55. The number of benzene rings is 1. The van der Waals surface area contributed by atoms with Crippen LogP contribution in [0.1, 0.15) is 27.2 Å². The largest absolute Gasteiger partial charge is 0.454 e. The Balaban J connectivity index is 2.77. The third kappa shape index (κ3) is 3.93. The first kappa shape index (κ1) is 13.8. The van der Waals surface area contributed by atoms with Gasteiger partial charge in [0.05, 0.1) is 0 Å². The molecule has 0 radical (unpaired) electrons. The average Bonchev–Trinajstić information content (AvgIpc) is 2.29. The Labute approximate surface area is 107 Å². The van der Waals surface area contributed by atoms with Crippen LogP contribution in [0.15, 0.2) is 46.7 Å². The van der Waals surface area contributed by atoms with Crippen LogP contribution >= 0.6 is 11.8 Å². The fourth-order valence-electron chi connectivity index (χ4n) is 1.38. The smallest absolute Gasteiger partial charge is 0.303 e. The van der Waals surface area contributed by atoms with Crippen molar-refractivity contribution in [2.24, 2.45) is 0 Å². The normalized spacial score (nSPS) is 13.8. The van der Waals surface area contributed by atoms with E-state index in [2.05, 4.69) is 6.58 Å². The Morgan fingerprint density at radius 2 is 2.00 bits per heavy atom. The maximum Gasteiger partial charge on any atom is 0.303 e. The number of thioether (sulfide) groups is 1. The summed E-state index contributed by atoms with van der Waals surface area (Å²) in [5.74, 6) is -0.274. The van der Waals surface area contributed by atoms with Gasteiger partial charge in [0.25, 0.3) is 0 Å². The predicted octanol–water partition coefficient (Wildman–Crippen LogP) is 4.02. The van der Waals surface area contributed by atoms with Crippen LogP contribution in [0, 0.1) is 0 Å². The van der Waals surface area contributed by atoms with Gasteiger partial charge in [-0.1, -0.05) is 43.5 Å². The van der Waals surface area contributed by atoms with Crippen LogP contribution in [0.4, 0.5) is 0 Å². The molecule has 0 aliphatic carbocycles. The molecule has 0 N–H and O–H groups in total. The van der Waals surface area contributed by atoms with Gasteiger partial charge in [-0.2, -0.15) is 0 Å². The molecule has 0 aliphatic rings. The Morgan fingerprint density at radius 3 is 2.47 bits per heavy atom. The van der Waals surface area contributed by atoms with Crippen molar-refractivity contribution in [2.45, 2.75) is 37.7 Å². The highest BCUT2D eigenvalue weighted by molar-refractivity contribution is 8.03. The van der Waals surface area contributed by atoms with Gasteiger partial charge in [0.15, 0.2) is 0 Å². The maximum atomic E-state index is 11.1. The summed E-state index contributed by atoms with van der Waals surface area (Å²) in [7, 11) is 0. The van der Waals surface area contributed by atoms with Crippen molar-refractivity contribution in [1.29, 1.82) is 0 Å². The second-order valence-electron chi connectivity index (χ2n) is 4.02. The number of esters is 1. The van der Waals surface area contributed by atoms with Crippen molar-refractivity contribution in [3.8, 4) is 0 Å². The molecule has 92 valence electrons. The summed E-state index contributed by atoms with van der Waals surface area (Å²) in [4.78, 5) is 13.1. The molecule has 1 rings (SSSR count). The summed E-state index contributed by atoms with van der Waals surface area (Å²) in [6.07, 6.45) is 0.714. The van der Waals surface area contributed by atoms with E-state index >= 15 is 0 Å². The molecule has 0 saturated carbocycles. The fourth-order valence-corrected chi connectivity index (χ4v) is 2.36. The lowest BCUT2D eigenvalue weighted by Gasteiger charge is -2.29. The van der Waals surface area contributed by atoms with E-state index in [9.17, 15) is 4.79 Å². The zero-order valence-corrected chi connectivity index (χ0v) is 11.3. The van der Waals surface area contributed by atoms with E-state index in [1.165, 1.54) is 6.92 Å². The summed E-state index contributed by atoms with van der Waals surface area (Å²) in [6, 6.07) is 9.95. The zero-order valence-electron chi connectivity index (χ0n) is 10.5. The standard InChI is InChI=1S/C14H18O2S/c1-5-14(4,16-12(3)15)11(2)17-13-9-7-6-8-10-13/h6-10H,2,5H2,1,3-4H3. The van der Waals surface area contributed by atoms with Crippen LogP contribution in [-0.2, 0) is 9.53 Å². The number of hydrogen-bond donors (Lipinski definition) is 0. The van der Waals surface area contributed by atoms with E-state index in [0.717, 1.165) is 9.80 Å². The van der Waals surface area contributed by atoms with Crippen LogP contribution < -0.4 is 0 Å². The van der Waals surface area contributed by atoms with Crippen molar-refractivity contribution in [1.82, 2.24) is 0 Å². The Hall–Kier alpha value is -1.22. The Kier molecular flexibility index (Phi) is 4.82. The zero-order chi connectivity index (χ0) is 12.9. The van der Waals surface area contributed by atoms with Gasteiger partial charge in [0.2, 0.25) is 0 Å². The number of ether oxygens (including phenoxy) is 1. The van der Waals surface area contributed by atoms with Gasteiger partial charge >= 0.3 is 5.97 Å². The monoisotopic (exact) mass is 250 g/mol. The molecule has 2 nitrogen and oxygen atoms in total. The average molecular weight is 250 g/mol. The lowest BCUT2D eigenvalue weighted by molar-refractivity contribution is -0.151. The van der Waals surface area contributed by atoms with Gasteiger partial charge in [-0.05, 0) is 25.5 Å². The number of carbonyl (C=O) groups is 1. The number of carbonyl (C=O) groups excluding carboxylic acids is 1. The quantitative estimate of drug-likeness (QED) is 0.583. The molecule has 0 amide bonds. The minimum Gasteiger partial charge on any atom is -0.454 e. The van der Waals surface area contributed by atoms with E-state index in [1.54, 1.807) is 11.8 Å². The van der Waals surface area contributed by atoms with E-state index in [1.807, 2.05) is 44.2 Å². The lowest BCUT2D eigenvalue weighted by Crippen LogP contribution is -2.30. The van der Waals surface area contributed by atoms with E-state index in [4.69, 9.17) is 4.74 Å². The summed E-state index contributed by atoms with van der Waals surface area (Å²) in [6.45, 7) is 9.34. The minimum absolute atomic E-state index is 0.274. The van der Waals surface area contributed by atoms with E-state index in [0.29, 0.717) is 6.42 Å². The van der Waals surface area contributed by atoms with Crippen molar-refractivity contribution in [3.05, 3.63) is 41.8 Å². The van der Waals surface area contributed by atoms with E-state index in [-0.39, 0.29) is 5.97 Å². The first-order valence-electron chi connectivity index (χ1n) is 5.60. The van der Waals surface area contributed by atoms with Gasteiger partial charge in [-0.3, -0.25) is 4.79 Å². The van der Waals surface area contributed by atoms with Crippen molar-refractivity contribution in [2.75, 3.05) is 0 Å². The lowest BCUT2D eigenvalue weighted by atomic mass is 10.0. The van der Waals surface area contributed by atoms with Gasteiger partial charge in [-0.15, -0.1) is 0 Å². The first-order chi connectivity index (χ1) is 7.98. The molecule has 1 unspecified atom stereocenters. The van der Waals surface area contributed by atoms with Crippen LogP contribution in [0.5, 0.6) is 0 Å². The molecule has 1 aromatic rings. The van der Waals surface area contributed by atoms with Crippen LogP contribution in [0.2, 0.25) is 0 Å². The van der Waals surface area contributed by atoms with Gasteiger partial charge in [-0.25, -0.2) is 0 Å². The van der Waals surface area contributed by atoms with E-state index < -0.39 is 5.60 Å². The Morgan fingerprint density at radius 1 is 1.41 bits per heavy atom. The molecule has 0 heterocycles. The molecule has 0 bridgehead atoms. The molecule has 3 heteroatoms. The molecule has 0 spiro atoms. The second-order valence-corrected chi connectivity index (χ2v) is 5.18. The molecule has 17 heavy (non-hydrogen) atoms. The third-order valence-electron chi connectivity index (χ3n) is 2.62. The number of hydrogen-bond acceptors (Lipinski definition) is 3. The van der Waals surface area contributed by atoms with Crippen LogP contribution in [0.25, 0.3) is 0 Å². The Bertz CT molecular complexity index is 400. The van der Waals surface area contributed by atoms with Gasteiger partial charge in [0, 0.05) is 16.7 Å². The van der Waals surface area contributed by atoms with Crippen molar-refractivity contribution in [3.63, 3.8) is 0 Å². The molecule has 0 aromatic heterocycles. The molecule has 1 atom stereocenters. The molecule has 0 fully saturated rings. The molecule has 0 aliphatic heterocycles. The summed E-state index contributed by atoms with van der Waals surface area (Å²) in [5.41, 5.74) is -0.605. The first-order valence-corrected chi connectivity index (χ1v) is 6.41. The van der Waals surface area contributed by atoms with Crippen molar-refractivity contribution >= 4 is 17.7 Å². The molecule has 0 saturated heterocycles. The van der Waals surface area contributed by atoms with Crippen LogP contribution in [0.3, 0.4) is 0 Å². The van der Waals surface area contributed by atoms with Crippen molar-refractivity contribution < 1.29 is 9.53 Å². The second kappa shape index (κ2) is 5.92. The third-order valence-corrected chi connectivity index (χ3v) is 3.80. The van der Waals surface area contributed by atoms with Crippen LogP contribution in [-0.4, -0.2) is 11.6 Å². The predicted molar refractivity (Wildman–Crippen MR) is 71.9 cm³/mol. The molecular formula is C14H18O2S.